The van der Waals surface area contributed by atoms with Crippen LogP contribution in [0.2, 0.25) is 0 Å². The van der Waals surface area contributed by atoms with Crippen LogP contribution < -0.4 is 11.1 Å². The van der Waals surface area contributed by atoms with Crippen molar-refractivity contribution >= 4 is 11.5 Å². The molecule has 4 N–H and O–H groups in total. The molecular weight excluding hydrogens is 279 g/mol. The average Bonchev–Trinajstić information content (AvgIpc) is 2.92. The van der Waals surface area contributed by atoms with E-state index >= 15 is 0 Å². The minimum Gasteiger partial charge on any atom is -0.339 e. The molecule has 4 nitrogen and oxygen atoms in total. The molecular formula is C17H17FN4. The van der Waals surface area contributed by atoms with Crippen LogP contribution >= 0.6 is 0 Å². The van der Waals surface area contributed by atoms with E-state index in [1.807, 2.05) is 43.3 Å². The maximum atomic E-state index is 13.7. The lowest BCUT2D eigenvalue weighted by atomic mass is 10.0. The number of halogens is 1. The molecule has 112 valence electrons. The van der Waals surface area contributed by atoms with E-state index in [1.165, 1.54) is 12.1 Å². The minimum absolute atomic E-state index is 0.278. The smallest absolute Gasteiger partial charge is 0.152 e. The summed E-state index contributed by atoms with van der Waals surface area (Å²) >= 11 is 0. The summed E-state index contributed by atoms with van der Waals surface area (Å²) in [4.78, 5) is 0. The van der Waals surface area contributed by atoms with Gasteiger partial charge in [0, 0.05) is 24.0 Å². The molecule has 0 saturated carbocycles. The lowest BCUT2D eigenvalue weighted by Gasteiger charge is -2.08. The van der Waals surface area contributed by atoms with Crippen LogP contribution in [0.25, 0.3) is 11.1 Å². The van der Waals surface area contributed by atoms with Crippen LogP contribution in [0.15, 0.2) is 48.5 Å². The maximum Gasteiger partial charge on any atom is 0.152 e. The maximum absolute atomic E-state index is 13.7. The van der Waals surface area contributed by atoms with Gasteiger partial charge in [-0.15, -0.1) is 0 Å². The number of hydrogen-bond donors (Lipinski definition) is 3. The SMILES string of the molecule is Cc1cc(Nc2cccc(-c3cc(F)cc(CN)c3)c2)n[nH]1. The molecule has 0 bridgehead atoms. The molecule has 0 amide bonds. The van der Waals surface area contributed by atoms with Crippen LogP contribution in [-0.4, -0.2) is 10.2 Å². The second-order valence-corrected chi connectivity index (χ2v) is 5.19. The Bertz CT molecular complexity index is 795. The highest BCUT2D eigenvalue weighted by Gasteiger charge is 2.05. The van der Waals surface area contributed by atoms with E-state index in [-0.39, 0.29) is 5.82 Å². The number of anilines is 2. The van der Waals surface area contributed by atoms with Crippen LogP contribution in [0.4, 0.5) is 15.9 Å². The molecule has 0 spiro atoms. The Kier molecular flexibility index (Phi) is 3.89. The molecule has 5 heteroatoms. The molecule has 0 radical (unpaired) electrons. The van der Waals surface area contributed by atoms with Crippen LogP contribution in [0.5, 0.6) is 0 Å². The summed E-state index contributed by atoms with van der Waals surface area (Å²) in [7, 11) is 0. The number of hydrogen-bond acceptors (Lipinski definition) is 3. The van der Waals surface area contributed by atoms with E-state index < -0.39 is 0 Å². The molecule has 2 aromatic carbocycles. The molecule has 1 heterocycles. The summed E-state index contributed by atoms with van der Waals surface area (Å²) < 4.78 is 13.7. The highest BCUT2D eigenvalue weighted by atomic mass is 19.1. The Morgan fingerprint density at radius 2 is 2.00 bits per heavy atom. The number of aryl methyl sites for hydroxylation is 1. The van der Waals surface area contributed by atoms with Gasteiger partial charge in [0.05, 0.1) is 0 Å². The number of nitrogens with one attached hydrogen (secondary N) is 2. The first-order valence-electron chi connectivity index (χ1n) is 7.03. The van der Waals surface area contributed by atoms with Gasteiger partial charge in [0.25, 0.3) is 0 Å². The number of aromatic nitrogens is 2. The lowest BCUT2D eigenvalue weighted by molar-refractivity contribution is 0.626. The molecule has 0 saturated heterocycles. The van der Waals surface area contributed by atoms with Crippen molar-refractivity contribution in [1.82, 2.24) is 10.2 Å². The second-order valence-electron chi connectivity index (χ2n) is 5.19. The summed E-state index contributed by atoms with van der Waals surface area (Å²) in [6, 6.07) is 14.5. The van der Waals surface area contributed by atoms with Gasteiger partial charge in [-0.05, 0) is 53.9 Å². The van der Waals surface area contributed by atoms with E-state index in [4.69, 9.17) is 5.73 Å². The van der Waals surface area contributed by atoms with Crippen molar-refractivity contribution in [3.63, 3.8) is 0 Å². The Labute approximate surface area is 128 Å². The molecule has 3 rings (SSSR count). The summed E-state index contributed by atoms with van der Waals surface area (Å²) in [6.45, 7) is 2.25. The van der Waals surface area contributed by atoms with Crippen molar-refractivity contribution in [3.8, 4) is 11.1 Å². The molecule has 22 heavy (non-hydrogen) atoms. The van der Waals surface area contributed by atoms with Crippen LogP contribution in [0.3, 0.4) is 0 Å². The van der Waals surface area contributed by atoms with Crippen molar-refractivity contribution in [2.45, 2.75) is 13.5 Å². The predicted octanol–water partition coefficient (Wildman–Crippen LogP) is 3.73. The lowest BCUT2D eigenvalue weighted by Crippen LogP contribution is -1.97. The van der Waals surface area contributed by atoms with Gasteiger partial charge in [-0.25, -0.2) is 4.39 Å². The Morgan fingerprint density at radius 1 is 1.14 bits per heavy atom. The molecule has 1 aromatic heterocycles. The van der Waals surface area contributed by atoms with E-state index in [9.17, 15) is 4.39 Å². The normalized spacial score (nSPS) is 10.7. The quantitative estimate of drug-likeness (QED) is 0.687. The first-order chi connectivity index (χ1) is 10.6. The Morgan fingerprint density at radius 3 is 2.73 bits per heavy atom. The van der Waals surface area contributed by atoms with Gasteiger partial charge in [0.1, 0.15) is 5.82 Å². The minimum atomic E-state index is -0.278. The van der Waals surface area contributed by atoms with Crippen molar-refractivity contribution in [3.05, 3.63) is 65.6 Å². The first kappa shape index (κ1) is 14.3. The van der Waals surface area contributed by atoms with Gasteiger partial charge >= 0.3 is 0 Å². The number of aromatic amines is 1. The average molecular weight is 296 g/mol. The highest BCUT2D eigenvalue weighted by molar-refractivity contribution is 5.70. The largest absolute Gasteiger partial charge is 0.339 e. The molecule has 0 aliphatic heterocycles. The summed E-state index contributed by atoms with van der Waals surface area (Å²) in [5.41, 5.74) is 9.99. The van der Waals surface area contributed by atoms with Gasteiger partial charge in [-0.3, -0.25) is 5.10 Å². The number of H-pyrrole nitrogens is 1. The fraction of sp³-hybridized carbons (Fsp3) is 0.118. The van der Waals surface area contributed by atoms with E-state index in [0.717, 1.165) is 33.9 Å². The second kappa shape index (κ2) is 5.99. The molecule has 0 fully saturated rings. The summed E-state index contributed by atoms with van der Waals surface area (Å²) in [6.07, 6.45) is 0. The van der Waals surface area contributed by atoms with E-state index in [2.05, 4.69) is 15.5 Å². The molecule has 0 unspecified atom stereocenters. The van der Waals surface area contributed by atoms with Crippen molar-refractivity contribution < 1.29 is 4.39 Å². The zero-order valence-electron chi connectivity index (χ0n) is 12.2. The van der Waals surface area contributed by atoms with E-state index in [1.54, 1.807) is 0 Å². The first-order valence-corrected chi connectivity index (χ1v) is 7.03. The fourth-order valence-electron chi connectivity index (χ4n) is 2.34. The number of rotatable bonds is 4. The van der Waals surface area contributed by atoms with Crippen LogP contribution in [0.1, 0.15) is 11.3 Å². The molecule has 0 aliphatic carbocycles. The van der Waals surface area contributed by atoms with Gasteiger partial charge in [-0.1, -0.05) is 12.1 Å². The number of benzene rings is 2. The van der Waals surface area contributed by atoms with E-state index in [0.29, 0.717) is 6.54 Å². The Hall–Kier alpha value is -2.66. The zero-order chi connectivity index (χ0) is 15.5. The number of nitrogens with zero attached hydrogens (tertiary/aromatic N) is 1. The highest BCUT2D eigenvalue weighted by Crippen LogP contribution is 2.26. The van der Waals surface area contributed by atoms with Gasteiger partial charge in [-0.2, -0.15) is 5.10 Å². The monoisotopic (exact) mass is 296 g/mol. The fourth-order valence-corrected chi connectivity index (χ4v) is 2.34. The summed E-state index contributed by atoms with van der Waals surface area (Å²) in [5, 5.41) is 10.2. The third-order valence-electron chi connectivity index (χ3n) is 3.37. The molecule has 0 aliphatic rings. The molecule has 3 aromatic rings. The van der Waals surface area contributed by atoms with Gasteiger partial charge in [0.15, 0.2) is 5.82 Å². The number of nitrogens with two attached hydrogens (primary N) is 1. The topological polar surface area (TPSA) is 66.7 Å². The third kappa shape index (κ3) is 3.15. The van der Waals surface area contributed by atoms with Crippen molar-refractivity contribution in [2.24, 2.45) is 5.73 Å². The predicted molar refractivity (Wildman–Crippen MR) is 86.3 cm³/mol. The van der Waals surface area contributed by atoms with Crippen molar-refractivity contribution in [1.29, 1.82) is 0 Å². The zero-order valence-corrected chi connectivity index (χ0v) is 12.2. The van der Waals surface area contributed by atoms with Gasteiger partial charge < -0.3 is 11.1 Å². The van der Waals surface area contributed by atoms with Crippen molar-refractivity contribution in [2.75, 3.05) is 5.32 Å². The summed E-state index contributed by atoms with van der Waals surface area (Å²) in [5.74, 6) is 0.468. The van der Waals surface area contributed by atoms with Gasteiger partial charge in [0.2, 0.25) is 0 Å². The standard InChI is InChI=1S/C17H17FN4/c1-11-5-17(22-21-11)20-16-4-2-3-13(9-16)14-6-12(10-19)7-15(18)8-14/h2-9H,10,19H2,1H3,(H2,20,21,22). The third-order valence-corrected chi connectivity index (χ3v) is 3.37. The van der Waals surface area contributed by atoms with Crippen LogP contribution in [-0.2, 0) is 6.54 Å². The molecule has 0 atom stereocenters. The Balaban J connectivity index is 1.92. The van der Waals surface area contributed by atoms with Crippen LogP contribution in [0, 0.1) is 12.7 Å².